The minimum absolute atomic E-state index is 0.0194. The van der Waals surface area contributed by atoms with E-state index in [4.69, 9.17) is 9.84 Å². The van der Waals surface area contributed by atoms with E-state index in [2.05, 4.69) is 0 Å². The van der Waals surface area contributed by atoms with Gasteiger partial charge in [0.1, 0.15) is 6.10 Å². The molecule has 1 aliphatic carbocycles. The molecule has 0 aromatic rings. The highest BCUT2D eigenvalue weighted by Crippen LogP contribution is 2.24. The van der Waals surface area contributed by atoms with Gasteiger partial charge in [-0.15, -0.1) is 0 Å². The van der Waals surface area contributed by atoms with Crippen molar-refractivity contribution in [3.8, 4) is 0 Å². The number of rotatable bonds is 5. The summed E-state index contributed by atoms with van der Waals surface area (Å²) in [5.74, 6) is -1.24. The Labute approximate surface area is 126 Å². The molecule has 1 saturated carbocycles. The fourth-order valence-corrected chi connectivity index (χ4v) is 3.35. The zero-order valence-corrected chi connectivity index (χ0v) is 12.9. The Kier molecular flexibility index (Phi) is 6.03. The number of amides is 1. The molecular formula is C16H27NO4. The van der Waals surface area contributed by atoms with E-state index in [1.807, 2.05) is 6.92 Å². The predicted molar refractivity (Wildman–Crippen MR) is 79.0 cm³/mol. The lowest BCUT2D eigenvalue weighted by Crippen LogP contribution is -2.48. The fraction of sp³-hybridized carbons (Fsp3) is 0.875. The van der Waals surface area contributed by atoms with E-state index in [0.29, 0.717) is 25.9 Å². The highest BCUT2D eigenvalue weighted by Gasteiger charge is 2.32. The minimum Gasteiger partial charge on any atom is -0.481 e. The number of carboxylic acid groups (broad SMARTS) is 1. The molecule has 21 heavy (non-hydrogen) atoms. The summed E-state index contributed by atoms with van der Waals surface area (Å²) in [7, 11) is 0. The average molecular weight is 297 g/mol. The number of carbonyl (C=O) groups is 2. The zero-order valence-electron chi connectivity index (χ0n) is 12.9. The second kappa shape index (κ2) is 7.78. The Bertz CT molecular complexity index is 365. The summed E-state index contributed by atoms with van der Waals surface area (Å²) in [6.07, 6.45) is 7.60. The van der Waals surface area contributed by atoms with Gasteiger partial charge in [0.2, 0.25) is 0 Å². The highest BCUT2D eigenvalue weighted by atomic mass is 16.5. The van der Waals surface area contributed by atoms with Gasteiger partial charge in [-0.2, -0.15) is 0 Å². The van der Waals surface area contributed by atoms with Crippen LogP contribution in [0.4, 0.5) is 0 Å². The van der Waals surface area contributed by atoms with Crippen molar-refractivity contribution in [3.05, 3.63) is 0 Å². The number of hydrogen-bond acceptors (Lipinski definition) is 3. The third-order valence-electron chi connectivity index (χ3n) is 4.64. The minimum atomic E-state index is -0.797. The molecule has 0 radical (unpaired) electrons. The second-order valence-corrected chi connectivity index (χ2v) is 6.25. The van der Waals surface area contributed by atoms with Gasteiger partial charge in [0.25, 0.3) is 5.91 Å². The monoisotopic (exact) mass is 297 g/mol. The molecule has 2 aliphatic rings. The molecule has 120 valence electrons. The maximum absolute atomic E-state index is 12.6. The molecule has 1 heterocycles. The number of ether oxygens (including phenoxy) is 1. The van der Waals surface area contributed by atoms with Crippen molar-refractivity contribution in [1.82, 2.24) is 4.90 Å². The smallest absolute Gasteiger partial charge is 0.308 e. The number of nitrogens with zero attached hydrogens (tertiary/aromatic N) is 1. The molecule has 2 fully saturated rings. The van der Waals surface area contributed by atoms with Gasteiger partial charge in [-0.05, 0) is 32.1 Å². The molecule has 0 aromatic carbocycles. The molecule has 1 saturated heterocycles. The lowest BCUT2D eigenvalue weighted by molar-refractivity contribution is -0.154. The van der Waals surface area contributed by atoms with Crippen LogP contribution in [0.15, 0.2) is 0 Å². The number of piperidine rings is 1. The Balaban J connectivity index is 1.90. The van der Waals surface area contributed by atoms with Crippen LogP contribution >= 0.6 is 0 Å². The normalized spacial score (nSPS) is 25.6. The largest absolute Gasteiger partial charge is 0.481 e. The van der Waals surface area contributed by atoms with Gasteiger partial charge in [-0.25, -0.2) is 0 Å². The number of aliphatic carboxylic acids is 1. The van der Waals surface area contributed by atoms with E-state index in [0.717, 1.165) is 19.3 Å². The zero-order chi connectivity index (χ0) is 15.2. The van der Waals surface area contributed by atoms with E-state index < -0.39 is 18.0 Å². The van der Waals surface area contributed by atoms with Gasteiger partial charge in [0.05, 0.1) is 12.0 Å². The van der Waals surface area contributed by atoms with E-state index in [9.17, 15) is 9.59 Å². The Morgan fingerprint density at radius 1 is 1.19 bits per heavy atom. The van der Waals surface area contributed by atoms with Gasteiger partial charge in [-0.3, -0.25) is 9.59 Å². The van der Waals surface area contributed by atoms with Crippen LogP contribution in [0.25, 0.3) is 0 Å². The molecule has 1 amide bonds. The molecule has 0 aromatic heterocycles. The van der Waals surface area contributed by atoms with E-state index >= 15 is 0 Å². The third kappa shape index (κ3) is 4.43. The molecule has 1 N–H and O–H groups in total. The van der Waals surface area contributed by atoms with Crippen molar-refractivity contribution in [2.24, 2.45) is 5.92 Å². The van der Waals surface area contributed by atoms with Gasteiger partial charge < -0.3 is 14.7 Å². The summed E-state index contributed by atoms with van der Waals surface area (Å²) < 4.78 is 6.01. The highest BCUT2D eigenvalue weighted by molar-refractivity contribution is 5.82. The maximum Gasteiger partial charge on any atom is 0.308 e. The summed E-state index contributed by atoms with van der Waals surface area (Å²) in [6.45, 7) is 2.95. The number of carboxylic acids is 1. The molecule has 5 heteroatoms. The summed E-state index contributed by atoms with van der Waals surface area (Å²) in [4.78, 5) is 25.4. The summed E-state index contributed by atoms with van der Waals surface area (Å²) >= 11 is 0. The Morgan fingerprint density at radius 3 is 2.52 bits per heavy atom. The van der Waals surface area contributed by atoms with Crippen molar-refractivity contribution in [2.45, 2.75) is 70.5 Å². The molecule has 0 unspecified atom stereocenters. The van der Waals surface area contributed by atoms with Crippen LogP contribution in [0.3, 0.4) is 0 Å². The molecule has 2 rings (SSSR count). The van der Waals surface area contributed by atoms with Crippen LogP contribution in [0.1, 0.15) is 58.3 Å². The summed E-state index contributed by atoms with van der Waals surface area (Å²) in [5.41, 5.74) is 0. The first-order valence-electron chi connectivity index (χ1n) is 8.29. The van der Waals surface area contributed by atoms with E-state index in [1.165, 1.54) is 19.3 Å². The molecule has 2 atom stereocenters. The number of likely N-dealkylation sites (tertiary alicyclic amines) is 1. The lowest BCUT2D eigenvalue weighted by Gasteiger charge is -2.34. The van der Waals surface area contributed by atoms with Crippen molar-refractivity contribution in [3.63, 3.8) is 0 Å². The Morgan fingerprint density at radius 2 is 1.90 bits per heavy atom. The third-order valence-corrected chi connectivity index (χ3v) is 4.64. The SMILES string of the molecule is CC[C@@H](OC1CCCCC1)C(=O)N1CCC[C@H](C(=O)O)C1. The standard InChI is InChI=1S/C16H27NO4/c1-2-14(21-13-8-4-3-5-9-13)15(18)17-10-6-7-12(11-17)16(19)20/h12-14H,2-11H2,1H3,(H,19,20)/t12-,14+/m0/s1. The first kappa shape index (κ1) is 16.3. The van der Waals surface area contributed by atoms with Crippen LogP contribution in [-0.2, 0) is 14.3 Å². The molecule has 0 spiro atoms. The van der Waals surface area contributed by atoms with E-state index in [-0.39, 0.29) is 12.0 Å². The lowest BCUT2D eigenvalue weighted by atomic mass is 9.96. The van der Waals surface area contributed by atoms with Crippen molar-refractivity contribution in [1.29, 1.82) is 0 Å². The molecular weight excluding hydrogens is 270 g/mol. The first-order valence-corrected chi connectivity index (χ1v) is 8.29. The van der Waals surface area contributed by atoms with Crippen molar-refractivity contribution < 1.29 is 19.4 Å². The van der Waals surface area contributed by atoms with Gasteiger partial charge in [0, 0.05) is 13.1 Å². The van der Waals surface area contributed by atoms with Crippen molar-refractivity contribution in [2.75, 3.05) is 13.1 Å². The van der Waals surface area contributed by atoms with Gasteiger partial charge in [-0.1, -0.05) is 26.2 Å². The van der Waals surface area contributed by atoms with Gasteiger partial charge in [0.15, 0.2) is 0 Å². The van der Waals surface area contributed by atoms with Crippen LogP contribution in [-0.4, -0.2) is 47.2 Å². The number of carbonyl (C=O) groups excluding carboxylic acids is 1. The molecule has 1 aliphatic heterocycles. The summed E-state index contributed by atoms with van der Waals surface area (Å²) in [5, 5.41) is 9.13. The van der Waals surface area contributed by atoms with Crippen LogP contribution < -0.4 is 0 Å². The average Bonchev–Trinajstić information content (AvgIpc) is 2.53. The van der Waals surface area contributed by atoms with Crippen LogP contribution in [0.2, 0.25) is 0 Å². The van der Waals surface area contributed by atoms with Crippen LogP contribution in [0, 0.1) is 5.92 Å². The topological polar surface area (TPSA) is 66.8 Å². The Hall–Kier alpha value is -1.10. The molecule has 0 bridgehead atoms. The number of hydrogen-bond donors (Lipinski definition) is 1. The van der Waals surface area contributed by atoms with Crippen LogP contribution in [0.5, 0.6) is 0 Å². The van der Waals surface area contributed by atoms with Gasteiger partial charge >= 0.3 is 5.97 Å². The second-order valence-electron chi connectivity index (χ2n) is 6.25. The quantitative estimate of drug-likeness (QED) is 0.846. The summed E-state index contributed by atoms with van der Waals surface area (Å²) in [6, 6.07) is 0. The maximum atomic E-state index is 12.6. The predicted octanol–water partition coefficient (Wildman–Crippen LogP) is 2.44. The fourth-order valence-electron chi connectivity index (χ4n) is 3.35. The molecule has 5 nitrogen and oxygen atoms in total. The van der Waals surface area contributed by atoms with E-state index in [1.54, 1.807) is 4.90 Å². The first-order chi connectivity index (χ1) is 10.1. The van der Waals surface area contributed by atoms with Crippen molar-refractivity contribution >= 4 is 11.9 Å².